The summed E-state index contributed by atoms with van der Waals surface area (Å²) in [5, 5.41) is 2.03. The van der Waals surface area contributed by atoms with Gasteiger partial charge in [-0.3, -0.25) is 4.79 Å². The van der Waals surface area contributed by atoms with Crippen LogP contribution in [0.15, 0.2) is 35.7 Å². The smallest absolute Gasteiger partial charge is 0.423 e. The molecule has 1 aromatic carbocycles. The highest BCUT2D eigenvalue weighted by molar-refractivity contribution is 7.13. The van der Waals surface area contributed by atoms with Crippen molar-refractivity contribution < 1.29 is 35.9 Å². The molecule has 2 aromatic rings. The second-order valence-electron chi connectivity index (χ2n) is 5.90. The molecule has 1 fully saturated rings. The summed E-state index contributed by atoms with van der Waals surface area (Å²) in [5.74, 6) is -1.60. The van der Waals surface area contributed by atoms with Crippen LogP contribution >= 0.6 is 11.3 Å². The van der Waals surface area contributed by atoms with Crippen LogP contribution in [-0.4, -0.2) is 47.0 Å². The molecule has 1 atom stereocenters. The highest BCUT2D eigenvalue weighted by Crippen LogP contribution is 2.51. The molecule has 1 aromatic heterocycles. The zero-order chi connectivity index (χ0) is 20.0. The van der Waals surface area contributed by atoms with E-state index in [2.05, 4.69) is 9.72 Å². The van der Waals surface area contributed by atoms with E-state index < -0.39 is 36.5 Å². The second-order valence-corrected chi connectivity index (χ2v) is 6.76. The third-order valence-corrected chi connectivity index (χ3v) is 5.17. The van der Waals surface area contributed by atoms with E-state index in [-0.39, 0.29) is 10.6 Å². The van der Waals surface area contributed by atoms with Gasteiger partial charge in [-0.25, -0.2) is 9.88 Å². The summed E-state index contributed by atoms with van der Waals surface area (Å²) in [6.07, 6.45) is -12.1. The average molecular weight is 410 g/mol. The minimum atomic E-state index is -5.85. The van der Waals surface area contributed by atoms with Gasteiger partial charge in [0.1, 0.15) is 11.0 Å². The number of likely N-dealkylation sites (N-methyl/N-ethyl adjacent to an activating group) is 1. The fraction of sp³-hybridized carbons (Fsp3) is 0.375. The lowest BCUT2D eigenvalue weighted by Gasteiger charge is -2.37. The first kappa shape index (κ1) is 19.6. The molecule has 3 rings (SSSR count). The largest absolute Gasteiger partial charge is 0.453 e. The lowest BCUT2D eigenvalue weighted by atomic mass is 10.1. The van der Waals surface area contributed by atoms with Crippen LogP contribution in [0.2, 0.25) is 0 Å². The Hall–Kier alpha value is -2.14. The highest BCUT2D eigenvalue weighted by Gasteiger charge is 2.81. The van der Waals surface area contributed by atoms with Gasteiger partial charge in [-0.15, -0.1) is 11.3 Å². The first-order valence-corrected chi connectivity index (χ1v) is 8.44. The zero-order valence-corrected chi connectivity index (χ0v) is 14.5. The van der Waals surface area contributed by atoms with Gasteiger partial charge in [0.2, 0.25) is 0 Å². The van der Waals surface area contributed by atoms with Gasteiger partial charge < -0.3 is 4.74 Å². The minimum absolute atomic E-state index is 0.114. The van der Waals surface area contributed by atoms with Gasteiger partial charge in [-0.1, -0.05) is 30.3 Å². The molecule has 11 heteroatoms. The molecule has 27 heavy (non-hydrogen) atoms. The van der Waals surface area contributed by atoms with Crippen LogP contribution in [-0.2, 0) is 16.0 Å². The molecule has 0 N–H and O–H groups in total. The number of nitrogens with zero attached hydrogens (tertiary/aromatic N) is 2. The number of halogens is 6. The molecule has 2 heterocycles. The number of aromatic nitrogens is 1. The van der Waals surface area contributed by atoms with Crippen LogP contribution in [0.1, 0.15) is 5.69 Å². The molecule has 1 aliphatic rings. The Balaban J connectivity index is 1.88. The Morgan fingerprint density at radius 1 is 1.15 bits per heavy atom. The maximum Gasteiger partial charge on any atom is 0.453 e. The van der Waals surface area contributed by atoms with Crippen molar-refractivity contribution in [1.29, 1.82) is 0 Å². The van der Waals surface area contributed by atoms with E-state index >= 15 is 0 Å². The number of thiazole rings is 1. The van der Waals surface area contributed by atoms with Crippen molar-refractivity contribution >= 4 is 17.3 Å². The Kier molecular flexibility index (Phi) is 4.71. The summed E-state index contributed by atoms with van der Waals surface area (Å²) in [4.78, 5) is 16.0. The summed E-state index contributed by atoms with van der Waals surface area (Å²) in [5.41, 5.74) is -3.72. The summed E-state index contributed by atoms with van der Waals surface area (Å²) >= 11 is 1.17. The monoisotopic (exact) mass is 410 g/mol. The molecule has 0 unspecified atom stereocenters. The number of hydrogen-bond acceptors (Lipinski definition) is 5. The Bertz CT molecular complexity index is 819. The molecule has 1 aliphatic heterocycles. The third kappa shape index (κ3) is 3.18. The average Bonchev–Trinajstić information content (AvgIpc) is 3.13. The van der Waals surface area contributed by atoms with E-state index in [0.717, 1.165) is 5.56 Å². The van der Waals surface area contributed by atoms with Crippen molar-refractivity contribution in [2.75, 3.05) is 7.05 Å². The number of alkyl halides is 6. The predicted molar refractivity (Wildman–Crippen MR) is 83.7 cm³/mol. The number of carbonyl (C=O) groups excluding carboxylic acids is 1. The minimum Gasteiger partial charge on any atom is -0.423 e. The molecular formula is C16H12F6N2O2S. The molecule has 1 saturated heterocycles. The first-order valence-electron chi connectivity index (χ1n) is 7.56. The topological polar surface area (TPSA) is 42.4 Å². The van der Waals surface area contributed by atoms with Crippen LogP contribution in [0.25, 0.3) is 10.6 Å². The number of hydrogen-bond donors (Lipinski definition) is 0. The van der Waals surface area contributed by atoms with E-state index in [9.17, 15) is 31.1 Å². The zero-order valence-electron chi connectivity index (χ0n) is 13.6. The fourth-order valence-corrected chi connectivity index (χ4v) is 3.71. The third-order valence-electron chi connectivity index (χ3n) is 4.23. The van der Waals surface area contributed by atoms with E-state index in [0.29, 0.717) is 12.1 Å². The lowest BCUT2D eigenvalue weighted by Crippen LogP contribution is -2.65. The normalized spacial score (nSPS) is 20.7. The maximum absolute atomic E-state index is 13.2. The van der Waals surface area contributed by atoms with Gasteiger partial charge in [-0.2, -0.15) is 26.3 Å². The van der Waals surface area contributed by atoms with Crippen molar-refractivity contribution in [3.05, 3.63) is 41.4 Å². The molecule has 0 bridgehead atoms. The summed E-state index contributed by atoms with van der Waals surface area (Å²) in [6.45, 7) is 0. The number of rotatable bonds is 3. The van der Waals surface area contributed by atoms with Crippen LogP contribution < -0.4 is 0 Å². The summed E-state index contributed by atoms with van der Waals surface area (Å²) < 4.78 is 83.2. The Morgan fingerprint density at radius 2 is 1.74 bits per heavy atom. The quantitative estimate of drug-likeness (QED) is 0.566. The molecule has 4 nitrogen and oxygen atoms in total. The standard InChI is InChI=1S/C16H12F6N2O2S/c1-24-11(13(25)26-14(24,15(17,18)19)16(20,21)22)7-10-8-27-12(23-10)9-5-3-2-4-6-9/h2-6,8,11H,7H2,1H3/t11-/m0/s1. The first-order chi connectivity index (χ1) is 12.5. The van der Waals surface area contributed by atoms with Crippen molar-refractivity contribution in [2.45, 2.75) is 30.5 Å². The maximum atomic E-state index is 13.2. The second kappa shape index (κ2) is 6.48. The van der Waals surface area contributed by atoms with E-state index in [1.165, 1.54) is 16.7 Å². The summed E-state index contributed by atoms with van der Waals surface area (Å²) in [6, 6.07) is 7.07. The van der Waals surface area contributed by atoms with E-state index in [4.69, 9.17) is 0 Å². The van der Waals surface area contributed by atoms with Crippen molar-refractivity contribution in [3.63, 3.8) is 0 Å². The highest BCUT2D eigenvalue weighted by atomic mass is 32.1. The fourth-order valence-electron chi connectivity index (χ4n) is 2.87. The number of ether oxygens (including phenoxy) is 1. The van der Waals surface area contributed by atoms with Gasteiger partial charge in [0.05, 0.1) is 5.69 Å². The van der Waals surface area contributed by atoms with Gasteiger partial charge in [0, 0.05) is 17.4 Å². The van der Waals surface area contributed by atoms with E-state index in [1.54, 1.807) is 30.3 Å². The molecular weight excluding hydrogens is 398 g/mol. The van der Waals surface area contributed by atoms with Crippen LogP contribution in [0.5, 0.6) is 0 Å². The van der Waals surface area contributed by atoms with Crippen molar-refractivity contribution in [1.82, 2.24) is 9.88 Å². The van der Waals surface area contributed by atoms with Crippen LogP contribution in [0, 0.1) is 0 Å². The number of cyclic esters (lactones) is 1. The summed E-state index contributed by atoms with van der Waals surface area (Å²) in [7, 11) is 0.570. The predicted octanol–water partition coefficient (Wildman–Crippen LogP) is 4.03. The van der Waals surface area contributed by atoms with Gasteiger partial charge in [0.15, 0.2) is 0 Å². The van der Waals surface area contributed by atoms with E-state index in [1.807, 2.05) is 0 Å². The molecule has 146 valence electrons. The molecule has 0 amide bonds. The molecule has 0 saturated carbocycles. The molecule has 0 aliphatic carbocycles. The lowest BCUT2D eigenvalue weighted by molar-refractivity contribution is -0.398. The van der Waals surface area contributed by atoms with Crippen molar-refractivity contribution in [2.24, 2.45) is 0 Å². The van der Waals surface area contributed by atoms with Gasteiger partial charge in [-0.05, 0) is 7.05 Å². The molecule has 0 spiro atoms. The van der Waals surface area contributed by atoms with Gasteiger partial charge in [0.25, 0.3) is 0 Å². The number of esters is 1. The Morgan fingerprint density at radius 3 is 2.26 bits per heavy atom. The van der Waals surface area contributed by atoms with Crippen LogP contribution in [0.4, 0.5) is 26.3 Å². The number of carbonyl (C=O) groups is 1. The SMILES string of the molecule is CN1[C@@H](Cc2csc(-c3ccccc3)n2)C(=O)OC1(C(F)(F)F)C(F)(F)F. The van der Waals surface area contributed by atoms with Gasteiger partial charge >= 0.3 is 24.0 Å². The van der Waals surface area contributed by atoms with Crippen molar-refractivity contribution in [3.8, 4) is 10.6 Å². The number of benzene rings is 1. The molecule has 0 radical (unpaired) electrons. The van der Waals surface area contributed by atoms with Crippen LogP contribution in [0.3, 0.4) is 0 Å². The Labute approximate surface area is 153 Å².